The van der Waals surface area contributed by atoms with Crippen LogP contribution in [0.1, 0.15) is 22.5 Å². The zero-order valence-electron chi connectivity index (χ0n) is 6.85. The van der Waals surface area contributed by atoms with E-state index in [2.05, 4.69) is 32.7 Å². The van der Waals surface area contributed by atoms with Gasteiger partial charge in [-0.1, -0.05) is 0 Å². The fourth-order valence-corrected chi connectivity index (χ4v) is 1.03. The molecule has 0 aromatic carbocycles. The zero-order chi connectivity index (χ0) is 7.02. The van der Waals surface area contributed by atoms with E-state index in [4.69, 9.17) is 0 Å². The molecule has 0 fully saturated rings. The maximum absolute atomic E-state index is 3.28. The average molecular weight is 224 g/mol. The molecule has 0 unspecified atom stereocenters. The van der Waals surface area contributed by atoms with E-state index >= 15 is 0 Å². The van der Waals surface area contributed by atoms with E-state index < -0.39 is 0 Å². The molecule has 0 amide bonds. The normalized spacial score (nSPS) is 9.20. The predicted molar refractivity (Wildman–Crippen MR) is 39.7 cm³/mol. The molecule has 1 heterocycles. The third-order valence-electron chi connectivity index (χ3n) is 2.06. The van der Waals surface area contributed by atoms with Crippen molar-refractivity contribution in [3.63, 3.8) is 0 Å². The Labute approximate surface area is 75.0 Å². The number of aromatic nitrogens is 1. The van der Waals surface area contributed by atoms with Crippen LogP contribution in [0, 0.1) is 27.7 Å². The summed E-state index contributed by atoms with van der Waals surface area (Å²) in [6.07, 6.45) is 0. The van der Waals surface area contributed by atoms with Gasteiger partial charge < -0.3 is 4.98 Å². The molecule has 0 radical (unpaired) electrons. The Morgan fingerprint density at radius 3 is 1.20 bits per heavy atom. The van der Waals surface area contributed by atoms with Gasteiger partial charge in [-0.05, 0) is 38.8 Å². The van der Waals surface area contributed by atoms with Crippen molar-refractivity contribution in [2.24, 2.45) is 0 Å². The van der Waals surface area contributed by atoms with Crippen molar-refractivity contribution in [3.05, 3.63) is 22.5 Å². The molecule has 1 rings (SSSR count). The second-order valence-corrected chi connectivity index (χ2v) is 2.62. The summed E-state index contributed by atoms with van der Waals surface area (Å²) in [6.45, 7) is 8.51. The van der Waals surface area contributed by atoms with E-state index in [0.717, 1.165) is 0 Å². The number of H-pyrrole nitrogens is 1. The van der Waals surface area contributed by atoms with Crippen LogP contribution >= 0.6 is 0 Å². The Bertz CT molecular complexity index is 203. The number of hydrogen-bond acceptors (Lipinski definition) is 0. The Morgan fingerprint density at radius 1 is 0.800 bits per heavy atom. The van der Waals surface area contributed by atoms with Crippen molar-refractivity contribution in [3.8, 4) is 0 Å². The summed E-state index contributed by atoms with van der Waals surface area (Å²) in [7, 11) is 0. The summed E-state index contributed by atoms with van der Waals surface area (Å²) in [5.41, 5.74) is 5.38. The van der Waals surface area contributed by atoms with Crippen molar-refractivity contribution < 1.29 is 19.5 Å². The molecule has 0 aliphatic rings. The molecule has 0 atom stereocenters. The number of rotatable bonds is 0. The summed E-state index contributed by atoms with van der Waals surface area (Å²) in [5, 5.41) is 0. The standard InChI is InChI=1S/C8H13N.Ru/c1-5-6(2)8(4)9-7(5)3;/h9H,1-4H3;. The molecule has 0 saturated carbocycles. The van der Waals surface area contributed by atoms with Gasteiger partial charge in [-0.3, -0.25) is 0 Å². The molecular weight excluding hydrogens is 211 g/mol. The molecule has 1 aromatic rings. The maximum Gasteiger partial charge on any atom is 0.0150 e. The topological polar surface area (TPSA) is 15.8 Å². The van der Waals surface area contributed by atoms with Crippen LogP contribution in [0.4, 0.5) is 0 Å². The first kappa shape index (κ1) is 9.90. The summed E-state index contributed by atoms with van der Waals surface area (Å²) in [6, 6.07) is 0. The number of aryl methyl sites for hydroxylation is 2. The van der Waals surface area contributed by atoms with Gasteiger partial charge in [-0.15, -0.1) is 0 Å². The minimum Gasteiger partial charge on any atom is -0.362 e. The summed E-state index contributed by atoms with van der Waals surface area (Å²) in [5.74, 6) is 0. The van der Waals surface area contributed by atoms with E-state index in [1.165, 1.54) is 22.5 Å². The molecule has 10 heavy (non-hydrogen) atoms. The molecule has 0 aliphatic carbocycles. The molecule has 2 heteroatoms. The number of nitrogens with one attached hydrogen (secondary N) is 1. The number of hydrogen-bond donors (Lipinski definition) is 1. The Balaban J connectivity index is 0.000000810. The second kappa shape index (κ2) is 3.34. The van der Waals surface area contributed by atoms with E-state index in [-0.39, 0.29) is 19.5 Å². The van der Waals surface area contributed by atoms with Crippen molar-refractivity contribution in [1.82, 2.24) is 4.98 Å². The number of aromatic amines is 1. The van der Waals surface area contributed by atoms with Gasteiger partial charge in [0.15, 0.2) is 0 Å². The zero-order valence-corrected chi connectivity index (χ0v) is 8.59. The van der Waals surface area contributed by atoms with Gasteiger partial charge in [0.25, 0.3) is 0 Å². The van der Waals surface area contributed by atoms with Gasteiger partial charge in [-0.2, -0.15) is 0 Å². The first-order valence-corrected chi connectivity index (χ1v) is 3.25. The second-order valence-electron chi connectivity index (χ2n) is 2.62. The van der Waals surface area contributed by atoms with Crippen LogP contribution in [0.2, 0.25) is 0 Å². The van der Waals surface area contributed by atoms with Gasteiger partial charge in [-0.25, -0.2) is 0 Å². The minimum atomic E-state index is 0. The molecule has 1 aromatic heterocycles. The predicted octanol–water partition coefficient (Wildman–Crippen LogP) is 2.25. The summed E-state index contributed by atoms with van der Waals surface area (Å²) >= 11 is 0. The molecule has 1 nitrogen and oxygen atoms in total. The van der Waals surface area contributed by atoms with E-state index in [1.54, 1.807) is 0 Å². The molecule has 0 saturated heterocycles. The van der Waals surface area contributed by atoms with Gasteiger partial charge >= 0.3 is 0 Å². The Hall–Kier alpha value is -0.0966. The fraction of sp³-hybridized carbons (Fsp3) is 0.500. The molecule has 0 bridgehead atoms. The SMILES string of the molecule is Cc1[nH]c(C)c(C)c1C.[Ru]. The first-order chi connectivity index (χ1) is 4.13. The maximum atomic E-state index is 3.28. The third kappa shape index (κ3) is 1.49. The smallest absolute Gasteiger partial charge is 0.0150 e. The molecule has 0 aliphatic heterocycles. The fourth-order valence-electron chi connectivity index (χ4n) is 1.03. The molecule has 1 N–H and O–H groups in total. The van der Waals surface area contributed by atoms with E-state index in [9.17, 15) is 0 Å². The van der Waals surface area contributed by atoms with Crippen LogP contribution in [0.5, 0.6) is 0 Å². The first-order valence-electron chi connectivity index (χ1n) is 3.25. The van der Waals surface area contributed by atoms with E-state index in [0.29, 0.717) is 0 Å². The van der Waals surface area contributed by atoms with Gasteiger partial charge in [0.05, 0.1) is 0 Å². The summed E-state index contributed by atoms with van der Waals surface area (Å²) < 4.78 is 0. The van der Waals surface area contributed by atoms with Crippen LogP contribution in [0.25, 0.3) is 0 Å². The average Bonchev–Trinajstić information content (AvgIpc) is 1.98. The van der Waals surface area contributed by atoms with Crippen molar-refractivity contribution in [2.45, 2.75) is 27.7 Å². The quantitative estimate of drug-likeness (QED) is 0.650. The van der Waals surface area contributed by atoms with Crippen LogP contribution in [0.3, 0.4) is 0 Å². The Kier molecular flexibility index (Phi) is 3.31. The molecule has 0 spiro atoms. The van der Waals surface area contributed by atoms with Crippen molar-refractivity contribution >= 4 is 0 Å². The van der Waals surface area contributed by atoms with E-state index in [1.807, 2.05) is 0 Å². The monoisotopic (exact) mass is 225 g/mol. The Morgan fingerprint density at radius 2 is 1.10 bits per heavy atom. The molecule has 58 valence electrons. The van der Waals surface area contributed by atoms with Crippen molar-refractivity contribution in [1.29, 1.82) is 0 Å². The summed E-state index contributed by atoms with van der Waals surface area (Å²) in [4.78, 5) is 3.28. The van der Waals surface area contributed by atoms with Gasteiger partial charge in [0.1, 0.15) is 0 Å². The van der Waals surface area contributed by atoms with Crippen LogP contribution in [0.15, 0.2) is 0 Å². The van der Waals surface area contributed by atoms with Gasteiger partial charge in [0, 0.05) is 30.9 Å². The van der Waals surface area contributed by atoms with Crippen LogP contribution in [-0.2, 0) is 19.5 Å². The van der Waals surface area contributed by atoms with Crippen LogP contribution in [-0.4, -0.2) is 4.98 Å². The molecular formula is C8H13NRu. The van der Waals surface area contributed by atoms with Gasteiger partial charge in [0.2, 0.25) is 0 Å². The van der Waals surface area contributed by atoms with Crippen molar-refractivity contribution in [2.75, 3.05) is 0 Å². The van der Waals surface area contributed by atoms with Crippen LogP contribution < -0.4 is 0 Å². The third-order valence-corrected chi connectivity index (χ3v) is 2.06. The largest absolute Gasteiger partial charge is 0.362 e. The minimum absolute atomic E-state index is 0.